The molecule has 0 bridgehead atoms. The molecule has 0 aliphatic rings. The van der Waals surface area contributed by atoms with Gasteiger partial charge in [0.15, 0.2) is 0 Å². The van der Waals surface area contributed by atoms with E-state index in [0.717, 1.165) is 6.07 Å². The number of nitrogens with one attached hydrogen (secondary N) is 1. The molecule has 104 valence electrons. The SMILES string of the molecule is CCNC(=O)CC(C(=O)O)c1cc(F)ccc1OC. The van der Waals surface area contributed by atoms with Crippen molar-refractivity contribution in [3.05, 3.63) is 29.6 Å². The van der Waals surface area contributed by atoms with Gasteiger partial charge in [-0.3, -0.25) is 9.59 Å². The van der Waals surface area contributed by atoms with Gasteiger partial charge in [-0.15, -0.1) is 0 Å². The monoisotopic (exact) mass is 269 g/mol. The van der Waals surface area contributed by atoms with Crippen molar-refractivity contribution in [1.29, 1.82) is 0 Å². The summed E-state index contributed by atoms with van der Waals surface area (Å²) in [5.41, 5.74) is 0.154. The van der Waals surface area contributed by atoms with E-state index in [4.69, 9.17) is 4.74 Å². The number of benzene rings is 1. The lowest BCUT2D eigenvalue weighted by atomic mass is 9.94. The Labute approximate surface area is 110 Å². The average Bonchev–Trinajstić information content (AvgIpc) is 2.36. The lowest BCUT2D eigenvalue weighted by molar-refractivity contribution is -0.140. The van der Waals surface area contributed by atoms with Crippen LogP contribution in [-0.2, 0) is 9.59 Å². The number of hydrogen-bond acceptors (Lipinski definition) is 3. The quantitative estimate of drug-likeness (QED) is 0.821. The molecular weight excluding hydrogens is 253 g/mol. The zero-order chi connectivity index (χ0) is 14.4. The highest BCUT2D eigenvalue weighted by atomic mass is 19.1. The zero-order valence-corrected chi connectivity index (χ0v) is 10.8. The maximum Gasteiger partial charge on any atom is 0.311 e. The number of carbonyl (C=O) groups is 2. The highest BCUT2D eigenvalue weighted by Gasteiger charge is 2.26. The second-order valence-electron chi connectivity index (χ2n) is 3.93. The molecule has 1 unspecified atom stereocenters. The first-order valence-corrected chi connectivity index (χ1v) is 5.82. The van der Waals surface area contributed by atoms with Gasteiger partial charge in [0.2, 0.25) is 5.91 Å². The third kappa shape index (κ3) is 3.94. The van der Waals surface area contributed by atoms with Crippen molar-refractivity contribution in [2.24, 2.45) is 0 Å². The fourth-order valence-electron chi connectivity index (χ4n) is 1.76. The van der Waals surface area contributed by atoms with E-state index in [-0.39, 0.29) is 17.7 Å². The van der Waals surface area contributed by atoms with E-state index in [0.29, 0.717) is 6.54 Å². The number of rotatable bonds is 6. The summed E-state index contributed by atoms with van der Waals surface area (Å²) < 4.78 is 18.3. The molecule has 6 heteroatoms. The van der Waals surface area contributed by atoms with E-state index in [1.807, 2.05) is 0 Å². The fourth-order valence-corrected chi connectivity index (χ4v) is 1.76. The Hall–Kier alpha value is -2.11. The van der Waals surface area contributed by atoms with Crippen molar-refractivity contribution in [2.75, 3.05) is 13.7 Å². The van der Waals surface area contributed by atoms with Crippen LogP contribution in [0.4, 0.5) is 4.39 Å². The molecule has 1 aromatic carbocycles. The minimum atomic E-state index is -1.20. The second-order valence-corrected chi connectivity index (χ2v) is 3.93. The number of carbonyl (C=O) groups excluding carboxylic acids is 1. The van der Waals surface area contributed by atoms with Crippen LogP contribution in [0.15, 0.2) is 18.2 Å². The molecule has 0 heterocycles. The van der Waals surface area contributed by atoms with Gasteiger partial charge in [-0.05, 0) is 25.1 Å². The summed E-state index contributed by atoms with van der Waals surface area (Å²) in [5, 5.41) is 11.7. The highest BCUT2D eigenvalue weighted by Crippen LogP contribution is 2.30. The molecule has 0 saturated carbocycles. The Bertz CT molecular complexity index is 476. The van der Waals surface area contributed by atoms with Crippen molar-refractivity contribution in [2.45, 2.75) is 19.3 Å². The smallest absolute Gasteiger partial charge is 0.311 e. The van der Waals surface area contributed by atoms with Crippen LogP contribution < -0.4 is 10.1 Å². The largest absolute Gasteiger partial charge is 0.496 e. The normalized spacial score (nSPS) is 11.7. The van der Waals surface area contributed by atoms with E-state index in [1.165, 1.54) is 19.2 Å². The highest BCUT2D eigenvalue weighted by molar-refractivity contribution is 5.86. The van der Waals surface area contributed by atoms with Crippen LogP contribution in [0.3, 0.4) is 0 Å². The summed E-state index contributed by atoms with van der Waals surface area (Å²) in [4.78, 5) is 22.8. The summed E-state index contributed by atoms with van der Waals surface area (Å²) in [5.74, 6) is -3.07. The van der Waals surface area contributed by atoms with E-state index < -0.39 is 23.6 Å². The van der Waals surface area contributed by atoms with Gasteiger partial charge < -0.3 is 15.2 Å². The molecule has 0 spiro atoms. The van der Waals surface area contributed by atoms with Crippen LogP contribution in [0, 0.1) is 5.82 Å². The van der Waals surface area contributed by atoms with Crippen LogP contribution >= 0.6 is 0 Å². The van der Waals surface area contributed by atoms with Gasteiger partial charge in [-0.25, -0.2) is 4.39 Å². The lowest BCUT2D eigenvalue weighted by Crippen LogP contribution is -2.27. The van der Waals surface area contributed by atoms with Crippen molar-refractivity contribution >= 4 is 11.9 Å². The minimum Gasteiger partial charge on any atom is -0.496 e. The lowest BCUT2D eigenvalue weighted by Gasteiger charge is -2.15. The first-order valence-electron chi connectivity index (χ1n) is 5.82. The van der Waals surface area contributed by atoms with Gasteiger partial charge in [0, 0.05) is 18.5 Å². The fraction of sp³-hybridized carbons (Fsp3) is 0.385. The Morgan fingerprint density at radius 1 is 1.47 bits per heavy atom. The van der Waals surface area contributed by atoms with Crippen molar-refractivity contribution in [3.63, 3.8) is 0 Å². The predicted octanol–water partition coefficient (Wildman–Crippen LogP) is 1.53. The number of hydrogen-bond donors (Lipinski definition) is 2. The predicted molar refractivity (Wildman–Crippen MR) is 66.6 cm³/mol. The summed E-state index contributed by atoms with van der Waals surface area (Å²) >= 11 is 0. The topological polar surface area (TPSA) is 75.6 Å². The van der Waals surface area contributed by atoms with Crippen LogP contribution in [-0.4, -0.2) is 30.6 Å². The molecule has 5 nitrogen and oxygen atoms in total. The van der Waals surface area contributed by atoms with Crippen LogP contribution in [0.25, 0.3) is 0 Å². The van der Waals surface area contributed by atoms with Gasteiger partial charge >= 0.3 is 5.97 Å². The van der Waals surface area contributed by atoms with Gasteiger partial charge in [0.1, 0.15) is 11.6 Å². The third-order valence-corrected chi connectivity index (χ3v) is 2.63. The molecule has 0 aromatic heterocycles. The average molecular weight is 269 g/mol. The van der Waals surface area contributed by atoms with Gasteiger partial charge in [0.25, 0.3) is 0 Å². The molecule has 1 rings (SSSR count). The summed E-state index contributed by atoms with van der Waals surface area (Å²) in [6.45, 7) is 2.14. The number of methoxy groups -OCH3 is 1. The standard InChI is InChI=1S/C13H16FNO4/c1-3-15-12(16)7-10(13(17)18)9-6-8(14)4-5-11(9)19-2/h4-6,10H,3,7H2,1-2H3,(H,15,16)(H,17,18). The number of halogens is 1. The van der Waals surface area contributed by atoms with Crippen molar-refractivity contribution < 1.29 is 23.8 Å². The molecule has 0 saturated heterocycles. The molecule has 1 amide bonds. The number of ether oxygens (including phenoxy) is 1. The molecule has 1 aromatic rings. The third-order valence-electron chi connectivity index (χ3n) is 2.63. The molecule has 19 heavy (non-hydrogen) atoms. The number of aliphatic carboxylic acids is 1. The van der Waals surface area contributed by atoms with Gasteiger partial charge in [0.05, 0.1) is 13.0 Å². The maximum absolute atomic E-state index is 13.2. The van der Waals surface area contributed by atoms with E-state index >= 15 is 0 Å². The Morgan fingerprint density at radius 3 is 2.68 bits per heavy atom. The summed E-state index contributed by atoms with van der Waals surface area (Å²) in [6.07, 6.45) is -0.261. The Kier molecular flexibility index (Phi) is 5.29. The number of amides is 1. The van der Waals surface area contributed by atoms with E-state index in [9.17, 15) is 19.1 Å². The first kappa shape index (κ1) is 14.9. The Balaban J connectivity index is 3.08. The molecule has 0 aliphatic heterocycles. The van der Waals surface area contributed by atoms with Crippen molar-refractivity contribution in [1.82, 2.24) is 5.32 Å². The minimum absolute atomic E-state index is 0.154. The molecular formula is C13H16FNO4. The van der Waals surface area contributed by atoms with Crippen LogP contribution in [0.2, 0.25) is 0 Å². The Morgan fingerprint density at radius 2 is 2.16 bits per heavy atom. The zero-order valence-electron chi connectivity index (χ0n) is 10.8. The second kappa shape index (κ2) is 6.72. The van der Waals surface area contributed by atoms with E-state index in [2.05, 4.69) is 5.32 Å². The molecule has 2 N–H and O–H groups in total. The molecule has 1 atom stereocenters. The number of carboxylic acids is 1. The molecule has 0 radical (unpaired) electrons. The van der Waals surface area contributed by atoms with E-state index in [1.54, 1.807) is 6.92 Å². The van der Waals surface area contributed by atoms with Crippen LogP contribution in [0.5, 0.6) is 5.75 Å². The van der Waals surface area contributed by atoms with Gasteiger partial charge in [-0.2, -0.15) is 0 Å². The first-order chi connectivity index (χ1) is 8.99. The van der Waals surface area contributed by atoms with Crippen LogP contribution in [0.1, 0.15) is 24.8 Å². The maximum atomic E-state index is 13.2. The summed E-state index contributed by atoms with van der Waals surface area (Å²) in [6, 6.07) is 3.60. The van der Waals surface area contributed by atoms with Gasteiger partial charge in [-0.1, -0.05) is 0 Å². The summed E-state index contributed by atoms with van der Waals surface area (Å²) in [7, 11) is 1.36. The number of carboxylic acid groups (broad SMARTS) is 1. The molecule has 0 aliphatic carbocycles. The van der Waals surface area contributed by atoms with Crippen molar-refractivity contribution in [3.8, 4) is 5.75 Å². The molecule has 0 fully saturated rings.